The Hall–Kier alpha value is -1.42. The highest BCUT2D eigenvalue weighted by Gasteiger charge is 2.36. The molecule has 1 saturated carbocycles. The Morgan fingerprint density at radius 2 is 2.05 bits per heavy atom. The summed E-state index contributed by atoms with van der Waals surface area (Å²) < 4.78 is 0. The first kappa shape index (κ1) is 17.6. The van der Waals surface area contributed by atoms with Crippen LogP contribution in [0.4, 0.5) is 4.79 Å². The summed E-state index contributed by atoms with van der Waals surface area (Å²) in [6.45, 7) is 6.08. The minimum absolute atomic E-state index is 0.225. The van der Waals surface area contributed by atoms with Crippen LogP contribution in [0.15, 0.2) is 5.11 Å². The number of rotatable bonds is 7. The first-order valence-electron chi connectivity index (χ1n) is 7.95. The quantitative estimate of drug-likeness (QED) is 0.415. The molecule has 6 heteroatoms. The zero-order valence-corrected chi connectivity index (χ0v) is 13.5. The predicted octanol–water partition coefficient (Wildman–Crippen LogP) is 4.80. The highest BCUT2D eigenvalue weighted by Crippen LogP contribution is 2.31. The molecule has 1 atom stereocenters. The molecule has 0 aromatic heterocycles. The van der Waals surface area contributed by atoms with Crippen LogP contribution in [0.2, 0.25) is 0 Å². The van der Waals surface area contributed by atoms with Crippen LogP contribution in [0.1, 0.15) is 65.7 Å². The molecule has 0 aromatic rings. The van der Waals surface area contributed by atoms with Crippen molar-refractivity contribution in [1.29, 1.82) is 0 Å². The van der Waals surface area contributed by atoms with Gasteiger partial charge in [0.05, 0.1) is 0 Å². The molecule has 0 saturated heterocycles. The maximum Gasteiger partial charge on any atom is 0.407 e. The summed E-state index contributed by atoms with van der Waals surface area (Å²) in [4.78, 5) is 16.1. The largest absolute Gasteiger partial charge is 0.465 e. The smallest absolute Gasteiger partial charge is 0.407 e. The molecule has 1 rings (SSSR count). The third kappa shape index (κ3) is 5.12. The van der Waals surface area contributed by atoms with E-state index in [9.17, 15) is 9.90 Å². The average molecular weight is 296 g/mol. The predicted molar refractivity (Wildman–Crippen MR) is 83.2 cm³/mol. The second-order valence-electron chi connectivity index (χ2n) is 6.63. The average Bonchev–Trinajstić information content (AvgIpc) is 2.45. The number of amides is 1. The molecule has 6 nitrogen and oxygen atoms in total. The lowest BCUT2D eigenvalue weighted by Crippen LogP contribution is -2.54. The van der Waals surface area contributed by atoms with Gasteiger partial charge in [0.2, 0.25) is 0 Å². The van der Waals surface area contributed by atoms with E-state index in [1.165, 1.54) is 24.2 Å². The van der Waals surface area contributed by atoms with Gasteiger partial charge >= 0.3 is 6.09 Å². The van der Waals surface area contributed by atoms with Gasteiger partial charge in [-0.15, -0.1) is 0 Å². The summed E-state index contributed by atoms with van der Waals surface area (Å²) in [6.07, 6.45) is 6.66. The number of carboxylic acid groups (broad SMARTS) is 1. The van der Waals surface area contributed by atoms with Crippen LogP contribution in [-0.4, -0.2) is 34.2 Å². The van der Waals surface area contributed by atoms with Crippen LogP contribution in [0.25, 0.3) is 10.4 Å². The maximum atomic E-state index is 11.7. The summed E-state index contributed by atoms with van der Waals surface area (Å²) in [5, 5.41) is 13.3. The lowest BCUT2D eigenvalue weighted by molar-refractivity contribution is 0.0512. The molecule has 1 aliphatic rings. The van der Waals surface area contributed by atoms with Crippen molar-refractivity contribution >= 4 is 6.09 Å². The fraction of sp³-hybridized carbons (Fsp3) is 0.933. The van der Waals surface area contributed by atoms with Gasteiger partial charge in [0.1, 0.15) is 0 Å². The van der Waals surface area contributed by atoms with Crippen LogP contribution in [0.5, 0.6) is 0 Å². The van der Waals surface area contributed by atoms with E-state index in [0.717, 1.165) is 25.7 Å². The molecule has 1 amide bonds. The van der Waals surface area contributed by atoms with Crippen molar-refractivity contribution in [1.82, 2.24) is 4.90 Å². The molecule has 1 aliphatic carbocycles. The van der Waals surface area contributed by atoms with E-state index in [-0.39, 0.29) is 12.6 Å². The van der Waals surface area contributed by atoms with Crippen LogP contribution in [0.3, 0.4) is 0 Å². The summed E-state index contributed by atoms with van der Waals surface area (Å²) in [5.74, 6) is 0.548. The molecular formula is C15H28N4O2. The zero-order valence-electron chi connectivity index (χ0n) is 13.5. The van der Waals surface area contributed by atoms with E-state index < -0.39 is 11.6 Å². The monoisotopic (exact) mass is 296 g/mol. The molecule has 1 N–H and O–H groups in total. The Labute approximate surface area is 127 Å². The topological polar surface area (TPSA) is 89.3 Å². The highest BCUT2D eigenvalue weighted by molar-refractivity contribution is 5.66. The standard InChI is InChI=1S/C15H28N4O2/c1-4-15(2,3)19(14(20)21)13(11-17-18-16)10-12-8-6-5-7-9-12/h12-13H,4-11H2,1-3H3,(H,20,21)/t13-/m0/s1. The minimum atomic E-state index is -0.921. The van der Waals surface area contributed by atoms with E-state index in [0.29, 0.717) is 5.92 Å². The number of hydrogen-bond donors (Lipinski definition) is 1. The van der Waals surface area contributed by atoms with Gasteiger partial charge in [0.15, 0.2) is 0 Å². The van der Waals surface area contributed by atoms with E-state index in [1.807, 2.05) is 20.8 Å². The van der Waals surface area contributed by atoms with Gasteiger partial charge in [-0.2, -0.15) is 0 Å². The van der Waals surface area contributed by atoms with Gasteiger partial charge in [-0.25, -0.2) is 4.79 Å². The van der Waals surface area contributed by atoms with Crippen LogP contribution in [-0.2, 0) is 0 Å². The number of azide groups is 1. The highest BCUT2D eigenvalue weighted by atomic mass is 16.4. The molecule has 0 aromatic carbocycles. The first-order chi connectivity index (χ1) is 9.92. The third-order valence-electron chi connectivity index (χ3n) is 4.77. The molecular weight excluding hydrogens is 268 g/mol. The first-order valence-corrected chi connectivity index (χ1v) is 7.95. The third-order valence-corrected chi connectivity index (χ3v) is 4.77. The van der Waals surface area contributed by atoms with Crippen LogP contribution < -0.4 is 0 Å². The van der Waals surface area contributed by atoms with Gasteiger partial charge in [-0.05, 0) is 38.1 Å². The maximum absolute atomic E-state index is 11.7. The summed E-state index contributed by atoms with van der Waals surface area (Å²) in [7, 11) is 0. The molecule has 0 aliphatic heterocycles. The van der Waals surface area contributed by atoms with Gasteiger partial charge in [-0.1, -0.05) is 44.1 Å². The van der Waals surface area contributed by atoms with Crippen molar-refractivity contribution < 1.29 is 9.90 Å². The van der Waals surface area contributed by atoms with E-state index in [1.54, 1.807) is 0 Å². The van der Waals surface area contributed by atoms with Gasteiger partial charge < -0.3 is 10.0 Å². The van der Waals surface area contributed by atoms with Crippen molar-refractivity contribution in [3.05, 3.63) is 10.4 Å². The van der Waals surface area contributed by atoms with Gasteiger partial charge in [-0.3, -0.25) is 0 Å². The van der Waals surface area contributed by atoms with E-state index in [2.05, 4.69) is 10.0 Å². The molecule has 0 bridgehead atoms. The van der Waals surface area contributed by atoms with Crippen LogP contribution in [0, 0.1) is 5.92 Å². The summed E-state index contributed by atoms with van der Waals surface area (Å²) >= 11 is 0. The Morgan fingerprint density at radius 3 is 2.52 bits per heavy atom. The Kier molecular flexibility index (Phi) is 6.82. The Balaban J connectivity index is 2.90. The lowest BCUT2D eigenvalue weighted by atomic mass is 9.83. The lowest BCUT2D eigenvalue weighted by Gasteiger charge is -2.42. The van der Waals surface area contributed by atoms with Crippen molar-refractivity contribution in [2.24, 2.45) is 11.0 Å². The molecule has 1 fully saturated rings. The molecule has 120 valence electrons. The van der Waals surface area contributed by atoms with Crippen molar-refractivity contribution in [2.75, 3.05) is 6.54 Å². The molecule has 0 heterocycles. The molecule has 0 unspecified atom stereocenters. The zero-order chi connectivity index (χ0) is 15.9. The van der Waals surface area contributed by atoms with E-state index in [4.69, 9.17) is 5.53 Å². The van der Waals surface area contributed by atoms with Crippen molar-refractivity contribution in [3.8, 4) is 0 Å². The number of carbonyl (C=O) groups is 1. The number of hydrogen-bond acceptors (Lipinski definition) is 2. The Morgan fingerprint density at radius 1 is 1.43 bits per heavy atom. The second-order valence-corrected chi connectivity index (χ2v) is 6.63. The normalized spacial score (nSPS) is 17.9. The van der Waals surface area contributed by atoms with E-state index >= 15 is 0 Å². The van der Waals surface area contributed by atoms with Gasteiger partial charge in [0, 0.05) is 23.0 Å². The van der Waals surface area contributed by atoms with Crippen molar-refractivity contribution in [3.63, 3.8) is 0 Å². The SMILES string of the molecule is CCC(C)(C)N(C(=O)O)[C@H](CN=[N+]=[N-])CC1CCCCC1. The second kappa shape index (κ2) is 8.13. The fourth-order valence-corrected chi connectivity index (χ4v) is 3.28. The number of nitrogens with zero attached hydrogens (tertiary/aromatic N) is 4. The molecule has 21 heavy (non-hydrogen) atoms. The molecule has 0 radical (unpaired) electrons. The minimum Gasteiger partial charge on any atom is -0.465 e. The Bertz CT molecular complexity index is 385. The van der Waals surface area contributed by atoms with Gasteiger partial charge in [0.25, 0.3) is 0 Å². The van der Waals surface area contributed by atoms with Crippen molar-refractivity contribution in [2.45, 2.75) is 77.3 Å². The van der Waals surface area contributed by atoms with Crippen LogP contribution >= 0.6 is 0 Å². The summed E-state index contributed by atoms with van der Waals surface area (Å²) in [6, 6.07) is -0.226. The summed E-state index contributed by atoms with van der Waals surface area (Å²) in [5.41, 5.74) is 8.15. The fourth-order valence-electron chi connectivity index (χ4n) is 3.28. The molecule has 0 spiro atoms.